The molecule has 0 saturated carbocycles. The van der Waals surface area contributed by atoms with E-state index < -0.39 is 17.6 Å². The maximum atomic E-state index is 12.8. The van der Waals surface area contributed by atoms with Gasteiger partial charge in [-0.1, -0.05) is 84.6 Å². The number of carbonyl (C=O) groups excluding carboxylic acids is 2. The number of rotatable bonds is 7. The first-order chi connectivity index (χ1) is 17.2. The molecule has 4 rings (SSSR count). The topological polar surface area (TPSA) is 49.4 Å². The van der Waals surface area contributed by atoms with Crippen molar-refractivity contribution in [2.75, 3.05) is 11.9 Å². The van der Waals surface area contributed by atoms with E-state index >= 15 is 0 Å². The lowest BCUT2D eigenvalue weighted by atomic mass is 10.0. The number of anilines is 1. The fourth-order valence-electron chi connectivity index (χ4n) is 3.64. The van der Waals surface area contributed by atoms with Gasteiger partial charge in [0.25, 0.3) is 5.91 Å². The molecule has 3 aromatic rings. The van der Waals surface area contributed by atoms with Gasteiger partial charge in [-0.3, -0.25) is 14.5 Å². The predicted octanol–water partition coefficient (Wildman–Crippen LogP) is 6.99. The highest BCUT2D eigenvalue weighted by atomic mass is 32.2. The highest BCUT2D eigenvalue weighted by molar-refractivity contribution is 8.26. The Morgan fingerprint density at radius 1 is 0.972 bits per heavy atom. The molecule has 0 unspecified atom stereocenters. The summed E-state index contributed by atoms with van der Waals surface area (Å²) in [7, 11) is 0. The number of halogens is 3. The van der Waals surface area contributed by atoms with Gasteiger partial charge in [-0.05, 0) is 47.4 Å². The molecule has 0 aromatic heterocycles. The maximum absolute atomic E-state index is 12.8. The van der Waals surface area contributed by atoms with Crippen LogP contribution in [-0.2, 0) is 15.8 Å². The summed E-state index contributed by atoms with van der Waals surface area (Å²) in [5.41, 5.74) is 2.29. The van der Waals surface area contributed by atoms with Crippen molar-refractivity contribution in [3.05, 3.63) is 94.9 Å². The lowest BCUT2D eigenvalue weighted by molar-refractivity contribution is -0.137. The summed E-state index contributed by atoms with van der Waals surface area (Å²) in [5.74, 6) is -0.663. The van der Waals surface area contributed by atoms with E-state index in [0.29, 0.717) is 15.6 Å². The van der Waals surface area contributed by atoms with Crippen LogP contribution in [-0.4, -0.2) is 27.6 Å². The molecule has 36 heavy (non-hydrogen) atoms. The molecule has 3 aromatic carbocycles. The van der Waals surface area contributed by atoms with Crippen LogP contribution in [0.1, 0.15) is 24.0 Å². The minimum absolute atomic E-state index is 0.0350. The van der Waals surface area contributed by atoms with E-state index in [-0.39, 0.29) is 24.6 Å². The molecule has 1 N–H and O–H groups in total. The summed E-state index contributed by atoms with van der Waals surface area (Å²) in [6.07, 6.45) is -2.35. The van der Waals surface area contributed by atoms with Gasteiger partial charge >= 0.3 is 6.18 Å². The van der Waals surface area contributed by atoms with Gasteiger partial charge in [0.05, 0.1) is 10.5 Å². The summed E-state index contributed by atoms with van der Waals surface area (Å²) in [4.78, 5) is 27.0. The van der Waals surface area contributed by atoms with Crippen LogP contribution in [0.2, 0.25) is 0 Å². The smallest absolute Gasteiger partial charge is 0.326 e. The van der Waals surface area contributed by atoms with Crippen molar-refractivity contribution in [1.82, 2.24) is 4.90 Å². The van der Waals surface area contributed by atoms with Gasteiger partial charge in [0, 0.05) is 18.7 Å². The Bertz CT molecular complexity index is 1310. The van der Waals surface area contributed by atoms with Crippen molar-refractivity contribution >= 4 is 51.9 Å². The molecular formula is C27H21F3N2O2S2. The number of benzene rings is 3. The minimum atomic E-state index is -4.49. The average Bonchev–Trinajstić information content (AvgIpc) is 3.12. The molecule has 0 radical (unpaired) electrons. The number of thiocarbonyl (C=S) groups is 1. The number of hydrogen-bond acceptors (Lipinski definition) is 4. The molecular weight excluding hydrogens is 505 g/mol. The first-order valence-corrected chi connectivity index (χ1v) is 12.3. The zero-order chi connectivity index (χ0) is 25.7. The maximum Gasteiger partial charge on any atom is 0.416 e. The van der Waals surface area contributed by atoms with Gasteiger partial charge in [0.15, 0.2) is 0 Å². The molecule has 184 valence electrons. The monoisotopic (exact) mass is 526 g/mol. The van der Waals surface area contributed by atoms with E-state index in [4.69, 9.17) is 12.2 Å². The van der Waals surface area contributed by atoms with E-state index in [2.05, 4.69) is 5.32 Å². The number of hydrogen-bond donors (Lipinski definition) is 1. The first kappa shape index (κ1) is 25.7. The summed E-state index contributed by atoms with van der Waals surface area (Å²) in [6, 6.07) is 22.3. The van der Waals surface area contributed by atoms with Crippen LogP contribution in [0.25, 0.3) is 17.2 Å². The van der Waals surface area contributed by atoms with E-state index in [1.54, 1.807) is 6.08 Å². The van der Waals surface area contributed by atoms with Crippen LogP contribution in [0.15, 0.2) is 83.8 Å². The van der Waals surface area contributed by atoms with Gasteiger partial charge in [-0.15, -0.1) is 0 Å². The molecule has 0 aliphatic carbocycles. The van der Waals surface area contributed by atoms with E-state index in [1.165, 1.54) is 28.8 Å². The second-order valence-electron chi connectivity index (χ2n) is 8.05. The third kappa shape index (κ3) is 6.41. The van der Waals surface area contributed by atoms with Crippen LogP contribution in [0, 0.1) is 0 Å². The molecule has 1 saturated heterocycles. The Hall–Kier alpha value is -3.43. The standard InChI is InChI=1S/C27H21F3N2O2S2/c28-27(29,30)21-8-4-9-22(17-21)31-24(33)10-5-15-32-25(34)23(36-26(32)35)16-18-11-13-20(14-12-18)19-6-2-1-3-7-19/h1-4,6-9,11-14,16-17H,5,10,15H2,(H,31,33)/b23-16-. The molecule has 1 heterocycles. The minimum Gasteiger partial charge on any atom is -0.326 e. The quantitative estimate of drug-likeness (QED) is 0.266. The van der Waals surface area contributed by atoms with Crippen LogP contribution < -0.4 is 5.32 Å². The normalized spacial score (nSPS) is 15.0. The van der Waals surface area contributed by atoms with Gasteiger partial charge in [-0.25, -0.2) is 0 Å². The zero-order valence-electron chi connectivity index (χ0n) is 18.9. The number of nitrogens with zero attached hydrogens (tertiary/aromatic N) is 1. The number of carbonyl (C=O) groups is 2. The largest absolute Gasteiger partial charge is 0.416 e. The van der Waals surface area contributed by atoms with Crippen molar-refractivity contribution in [1.29, 1.82) is 0 Å². The van der Waals surface area contributed by atoms with Crippen LogP contribution in [0.5, 0.6) is 0 Å². The molecule has 1 fully saturated rings. The molecule has 1 aliphatic rings. The fraction of sp³-hybridized carbons (Fsp3) is 0.148. The first-order valence-electron chi connectivity index (χ1n) is 11.1. The third-order valence-corrected chi connectivity index (χ3v) is 6.83. The summed E-state index contributed by atoms with van der Waals surface area (Å²) < 4.78 is 38.9. The number of alkyl halides is 3. The molecule has 2 amide bonds. The molecule has 0 spiro atoms. The molecule has 4 nitrogen and oxygen atoms in total. The van der Waals surface area contributed by atoms with Crippen molar-refractivity contribution in [3.63, 3.8) is 0 Å². The second-order valence-corrected chi connectivity index (χ2v) is 9.73. The van der Waals surface area contributed by atoms with Crippen molar-refractivity contribution in [2.45, 2.75) is 19.0 Å². The Morgan fingerprint density at radius 3 is 2.36 bits per heavy atom. The Kier molecular flexibility index (Phi) is 7.91. The van der Waals surface area contributed by atoms with Gasteiger partial charge in [0.1, 0.15) is 4.32 Å². The van der Waals surface area contributed by atoms with E-state index in [9.17, 15) is 22.8 Å². The number of nitrogens with one attached hydrogen (secondary N) is 1. The molecule has 0 atom stereocenters. The van der Waals surface area contributed by atoms with Crippen LogP contribution in [0.4, 0.5) is 18.9 Å². The highest BCUT2D eigenvalue weighted by Crippen LogP contribution is 2.33. The Balaban J connectivity index is 1.31. The van der Waals surface area contributed by atoms with Gasteiger partial charge in [-0.2, -0.15) is 13.2 Å². The number of thioether (sulfide) groups is 1. The van der Waals surface area contributed by atoms with Gasteiger partial charge in [0.2, 0.25) is 5.91 Å². The van der Waals surface area contributed by atoms with Crippen molar-refractivity contribution < 1.29 is 22.8 Å². The van der Waals surface area contributed by atoms with E-state index in [0.717, 1.165) is 28.8 Å². The fourth-order valence-corrected chi connectivity index (χ4v) is 4.95. The lowest BCUT2D eigenvalue weighted by Gasteiger charge is -2.14. The Morgan fingerprint density at radius 2 is 1.67 bits per heavy atom. The molecule has 1 aliphatic heterocycles. The summed E-state index contributed by atoms with van der Waals surface area (Å²) >= 11 is 6.55. The Labute approximate surface area is 216 Å². The summed E-state index contributed by atoms with van der Waals surface area (Å²) in [5, 5.41) is 2.47. The summed E-state index contributed by atoms with van der Waals surface area (Å²) in [6.45, 7) is 0.241. The van der Waals surface area contributed by atoms with E-state index in [1.807, 2.05) is 54.6 Å². The van der Waals surface area contributed by atoms with Crippen molar-refractivity contribution in [2.24, 2.45) is 0 Å². The molecule has 9 heteroatoms. The van der Waals surface area contributed by atoms with Crippen LogP contribution >= 0.6 is 24.0 Å². The third-order valence-electron chi connectivity index (χ3n) is 5.45. The van der Waals surface area contributed by atoms with Gasteiger partial charge < -0.3 is 5.32 Å². The lowest BCUT2D eigenvalue weighted by Crippen LogP contribution is -2.29. The van der Waals surface area contributed by atoms with Crippen molar-refractivity contribution in [3.8, 4) is 11.1 Å². The van der Waals surface area contributed by atoms with Crippen LogP contribution in [0.3, 0.4) is 0 Å². The SMILES string of the molecule is O=C(CCCN1C(=O)/C(=C/c2ccc(-c3ccccc3)cc2)SC1=S)Nc1cccc(C(F)(F)F)c1. The number of amides is 2. The second kappa shape index (κ2) is 11.1. The average molecular weight is 527 g/mol. The zero-order valence-corrected chi connectivity index (χ0v) is 20.6. The highest BCUT2D eigenvalue weighted by Gasteiger charge is 2.32. The predicted molar refractivity (Wildman–Crippen MR) is 141 cm³/mol. The molecule has 0 bridgehead atoms.